The Kier molecular flexibility index (Phi) is 3.93. The topological polar surface area (TPSA) is 72.8 Å². The fraction of sp³-hybridized carbons (Fsp3) is 0.333. The molecule has 1 fully saturated rings. The van der Waals surface area contributed by atoms with Crippen LogP contribution in [0.1, 0.15) is 23.0 Å². The van der Waals surface area contributed by atoms with Gasteiger partial charge >= 0.3 is 0 Å². The van der Waals surface area contributed by atoms with Gasteiger partial charge in [0.15, 0.2) is 11.4 Å². The number of ether oxygens (including phenoxy) is 2. The Morgan fingerprint density at radius 1 is 1.20 bits per heavy atom. The van der Waals surface area contributed by atoms with E-state index < -0.39 is 0 Å². The number of fused-ring (bicyclic) bond motifs is 2. The summed E-state index contributed by atoms with van der Waals surface area (Å²) in [5.74, 6) is -0.152. The van der Waals surface area contributed by atoms with E-state index >= 15 is 0 Å². The highest BCUT2D eigenvalue weighted by atomic mass is 16.5. The van der Waals surface area contributed by atoms with Gasteiger partial charge in [0.1, 0.15) is 12.8 Å². The number of carbonyl (C=O) groups is 1. The molecule has 1 N–H and O–H groups in total. The maximum absolute atomic E-state index is 13.0. The number of nitrogens with one attached hydrogen (secondary N) is 1. The lowest BCUT2D eigenvalue weighted by Gasteiger charge is -2.44. The summed E-state index contributed by atoms with van der Waals surface area (Å²) in [7, 11) is 0. The fourth-order valence-electron chi connectivity index (χ4n) is 3.24. The number of morpholine rings is 1. The number of hydrogen-bond donors (Lipinski definition) is 1. The van der Waals surface area contributed by atoms with E-state index in [1.165, 1.54) is 6.07 Å². The van der Waals surface area contributed by atoms with Gasteiger partial charge in [0, 0.05) is 12.3 Å². The quantitative estimate of drug-likeness (QED) is 0.907. The van der Waals surface area contributed by atoms with E-state index in [1.54, 1.807) is 15.8 Å². The van der Waals surface area contributed by atoms with Crippen LogP contribution in [0.15, 0.2) is 47.4 Å². The van der Waals surface area contributed by atoms with E-state index in [2.05, 4.69) is 5.43 Å². The van der Waals surface area contributed by atoms with Crippen molar-refractivity contribution in [3.8, 4) is 5.75 Å². The first-order chi connectivity index (χ1) is 12.1. The standard InChI is InChI=1S/C18H19N3O4/c1-12-9-24-11-15-19-20-8-7-14(22)17(16(20)18(23)21(12)15)25-10-13-5-3-2-4-6-13/h2-8,12,15,19H,9-11H2,1H3/t12-,15-/m0/s1. The lowest BCUT2D eigenvalue weighted by atomic mass is 10.1. The van der Waals surface area contributed by atoms with Crippen LogP contribution in [-0.2, 0) is 11.3 Å². The molecule has 1 amide bonds. The minimum atomic E-state index is -0.309. The van der Waals surface area contributed by atoms with Gasteiger partial charge in [-0.25, -0.2) is 0 Å². The van der Waals surface area contributed by atoms with Crippen molar-refractivity contribution in [1.29, 1.82) is 0 Å². The molecule has 2 atom stereocenters. The molecule has 0 unspecified atom stereocenters. The summed E-state index contributed by atoms with van der Waals surface area (Å²) in [5, 5.41) is 0. The van der Waals surface area contributed by atoms with Gasteiger partial charge in [-0.05, 0) is 12.5 Å². The van der Waals surface area contributed by atoms with E-state index in [0.29, 0.717) is 13.2 Å². The molecule has 1 aromatic heterocycles. The van der Waals surface area contributed by atoms with Crippen molar-refractivity contribution in [3.63, 3.8) is 0 Å². The van der Waals surface area contributed by atoms with E-state index in [0.717, 1.165) is 5.56 Å². The number of amides is 1. The zero-order chi connectivity index (χ0) is 17.4. The van der Waals surface area contributed by atoms with Crippen LogP contribution >= 0.6 is 0 Å². The van der Waals surface area contributed by atoms with Gasteiger partial charge in [-0.15, -0.1) is 0 Å². The maximum Gasteiger partial charge on any atom is 0.278 e. The molecule has 25 heavy (non-hydrogen) atoms. The monoisotopic (exact) mass is 341 g/mol. The molecule has 7 nitrogen and oxygen atoms in total. The smallest absolute Gasteiger partial charge is 0.278 e. The molecular weight excluding hydrogens is 322 g/mol. The minimum absolute atomic E-state index is 0.0704. The number of carbonyl (C=O) groups excluding carboxylic acids is 1. The third-order valence-corrected chi connectivity index (χ3v) is 4.45. The second kappa shape index (κ2) is 6.25. The van der Waals surface area contributed by atoms with Crippen molar-refractivity contribution in [2.75, 3.05) is 18.6 Å². The van der Waals surface area contributed by atoms with Crippen LogP contribution < -0.4 is 15.6 Å². The predicted octanol–water partition coefficient (Wildman–Crippen LogP) is 1.17. The molecule has 2 aromatic rings. The van der Waals surface area contributed by atoms with Crippen LogP contribution in [0.4, 0.5) is 0 Å². The van der Waals surface area contributed by atoms with Crippen LogP contribution in [0.5, 0.6) is 5.75 Å². The summed E-state index contributed by atoms with van der Waals surface area (Å²) < 4.78 is 12.8. The second-order valence-corrected chi connectivity index (χ2v) is 6.25. The summed E-state index contributed by atoms with van der Waals surface area (Å²) in [6.45, 7) is 3.03. The Labute approximate surface area is 144 Å². The van der Waals surface area contributed by atoms with Crippen molar-refractivity contribution >= 4 is 5.91 Å². The van der Waals surface area contributed by atoms with Crippen LogP contribution in [0.2, 0.25) is 0 Å². The largest absolute Gasteiger partial charge is 0.482 e. The van der Waals surface area contributed by atoms with Crippen LogP contribution in [0.3, 0.4) is 0 Å². The Morgan fingerprint density at radius 3 is 2.80 bits per heavy atom. The summed E-state index contributed by atoms with van der Waals surface area (Å²) in [6, 6.07) is 10.9. The third kappa shape index (κ3) is 2.76. The summed E-state index contributed by atoms with van der Waals surface area (Å²) >= 11 is 0. The van der Waals surface area contributed by atoms with E-state index in [1.807, 2.05) is 37.3 Å². The molecule has 0 aliphatic carbocycles. The Balaban J connectivity index is 1.70. The summed E-state index contributed by atoms with van der Waals surface area (Å²) in [6.07, 6.45) is 1.30. The lowest BCUT2D eigenvalue weighted by Crippen LogP contribution is -2.62. The van der Waals surface area contributed by atoms with Crippen LogP contribution in [-0.4, -0.2) is 40.9 Å². The Morgan fingerprint density at radius 2 is 2.00 bits per heavy atom. The molecular formula is C18H19N3O4. The minimum Gasteiger partial charge on any atom is -0.482 e. The average Bonchev–Trinajstić information content (AvgIpc) is 2.62. The predicted molar refractivity (Wildman–Crippen MR) is 91.1 cm³/mol. The number of nitrogens with zero attached hydrogens (tertiary/aromatic N) is 2. The SMILES string of the molecule is C[C@H]1COC[C@H]2Nn3ccc(=O)c(OCc4ccccc4)c3C(=O)N12. The summed E-state index contributed by atoms with van der Waals surface area (Å²) in [5.41, 5.74) is 4.05. The normalized spacial score (nSPS) is 22.0. The molecule has 0 saturated carbocycles. The fourth-order valence-corrected chi connectivity index (χ4v) is 3.24. The third-order valence-electron chi connectivity index (χ3n) is 4.45. The average molecular weight is 341 g/mol. The molecule has 2 aliphatic heterocycles. The first-order valence-electron chi connectivity index (χ1n) is 8.24. The number of pyridine rings is 1. The zero-order valence-corrected chi connectivity index (χ0v) is 13.8. The molecule has 1 aromatic carbocycles. The maximum atomic E-state index is 13.0. The van der Waals surface area contributed by atoms with Gasteiger partial charge in [-0.2, -0.15) is 0 Å². The Hall–Kier alpha value is -2.80. The number of hydrogen-bond acceptors (Lipinski definition) is 5. The highest BCUT2D eigenvalue weighted by Gasteiger charge is 2.40. The van der Waals surface area contributed by atoms with Crippen molar-refractivity contribution < 1.29 is 14.3 Å². The molecule has 7 heteroatoms. The number of aromatic nitrogens is 1. The molecule has 130 valence electrons. The number of benzene rings is 1. The van der Waals surface area contributed by atoms with Crippen LogP contribution in [0, 0.1) is 0 Å². The van der Waals surface area contributed by atoms with Gasteiger partial charge in [0.2, 0.25) is 5.43 Å². The van der Waals surface area contributed by atoms with Crippen molar-refractivity contribution in [3.05, 3.63) is 64.1 Å². The number of rotatable bonds is 3. The lowest BCUT2D eigenvalue weighted by molar-refractivity contribution is -0.0311. The van der Waals surface area contributed by atoms with E-state index in [4.69, 9.17) is 9.47 Å². The van der Waals surface area contributed by atoms with Crippen molar-refractivity contribution in [2.45, 2.75) is 25.7 Å². The highest BCUT2D eigenvalue weighted by molar-refractivity contribution is 5.96. The Bertz CT molecular complexity index is 849. The molecule has 1 saturated heterocycles. The van der Waals surface area contributed by atoms with Crippen molar-refractivity contribution in [2.24, 2.45) is 0 Å². The first-order valence-corrected chi connectivity index (χ1v) is 8.24. The van der Waals surface area contributed by atoms with Gasteiger partial charge in [0.25, 0.3) is 5.91 Å². The first kappa shape index (κ1) is 15.7. The van der Waals surface area contributed by atoms with Gasteiger partial charge < -0.3 is 19.8 Å². The molecule has 0 bridgehead atoms. The van der Waals surface area contributed by atoms with Gasteiger partial charge in [-0.1, -0.05) is 30.3 Å². The van der Waals surface area contributed by atoms with Gasteiger partial charge in [-0.3, -0.25) is 14.3 Å². The second-order valence-electron chi connectivity index (χ2n) is 6.25. The molecule has 0 spiro atoms. The molecule has 2 aliphatic rings. The highest BCUT2D eigenvalue weighted by Crippen LogP contribution is 2.25. The van der Waals surface area contributed by atoms with E-state index in [9.17, 15) is 9.59 Å². The van der Waals surface area contributed by atoms with Crippen LogP contribution in [0.25, 0.3) is 0 Å². The molecule has 0 radical (unpaired) electrons. The summed E-state index contributed by atoms with van der Waals surface area (Å²) in [4.78, 5) is 27.1. The molecule has 4 rings (SSSR count). The zero-order valence-electron chi connectivity index (χ0n) is 13.8. The van der Waals surface area contributed by atoms with Crippen molar-refractivity contribution in [1.82, 2.24) is 9.58 Å². The van der Waals surface area contributed by atoms with E-state index in [-0.39, 0.29) is 41.6 Å². The molecule has 3 heterocycles. The van der Waals surface area contributed by atoms with Gasteiger partial charge in [0.05, 0.1) is 19.3 Å².